The fourth-order valence-corrected chi connectivity index (χ4v) is 1.64. The summed E-state index contributed by atoms with van der Waals surface area (Å²) in [6.45, 7) is 6.77. The van der Waals surface area contributed by atoms with E-state index in [1.807, 2.05) is 39.0 Å². The van der Waals surface area contributed by atoms with E-state index in [-0.39, 0.29) is 5.78 Å². The number of rotatable bonds is 6. The van der Waals surface area contributed by atoms with Gasteiger partial charge in [-0.15, -0.1) is 0 Å². The van der Waals surface area contributed by atoms with E-state index in [0.29, 0.717) is 18.7 Å². The van der Waals surface area contributed by atoms with Crippen molar-refractivity contribution >= 4 is 5.78 Å². The maximum absolute atomic E-state index is 12.3. The molecule has 0 heterocycles. The lowest BCUT2D eigenvalue weighted by Crippen LogP contribution is -2.35. The smallest absolute Gasteiger partial charge is 0.170 e. The molecule has 0 saturated heterocycles. The maximum Gasteiger partial charge on any atom is 0.170 e. The molecule has 0 aliphatic carbocycles. The summed E-state index contributed by atoms with van der Waals surface area (Å²) in [6, 6.07) is 7.29. The zero-order chi connectivity index (χ0) is 12.9. The molecule has 1 aromatic rings. The Balaban J connectivity index is 2.99. The zero-order valence-electron chi connectivity index (χ0n) is 10.8. The summed E-state index contributed by atoms with van der Waals surface area (Å²) < 4.78 is 5.39. The molecular weight excluding hydrogens is 214 g/mol. The second kappa shape index (κ2) is 5.82. The molecule has 3 heteroatoms. The van der Waals surface area contributed by atoms with Crippen molar-refractivity contribution in [1.82, 2.24) is 0 Å². The van der Waals surface area contributed by atoms with Gasteiger partial charge in [-0.25, -0.2) is 0 Å². The normalized spacial score (nSPS) is 14.1. The van der Waals surface area contributed by atoms with Crippen molar-refractivity contribution < 1.29 is 9.53 Å². The number of carbonyl (C=O) groups is 1. The highest BCUT2D eigenvalue weighted by atomic mass is 16.5. The summed E-state index contributed by atoms with van der Waals surface area (Å²) >= 11 is 0. The van der Waals surface area contributed by atoms with Crippen LogP contribution in [0.2, 0.25) is 0 Å². The third-order valence-electron chi connectivity index (χ3n) is 3.19. The van der Waals surface area contributed by atoms with Crippen LogP contribution in [-0.2, 0) is 0 Å². The van der Waals surface area contributed by atoms with Crippen molar-refractivity contribution in [3.05, 3.63) is 29.8 Å². The first-order valence-electron chi connectivity index (χ1n) is 6.05. The number of benzene rings is 1. The van der Waals surface area contributed by atoms with Gasteiger partial charge < -0.3 is 10.5 Å². The van der Waals surface area contributed by atoms with Gasteiger partial charge in [0.25, 0.3) is 0 Å². The van der Waals surface area contributed by atoms with Crippen molar-refractivity contribution in [3.8, 4) is 5.75 Å². The largest absolute Gasteiger partial charge is 0.494 e. The van der Waals surface area contributed by atoms with Gasteiger partial charge in [-0.3, -0.25) is 4.79 Å². The summed E-state index contributed by atoms with van der Waals surface area (Å²) in [4.78, 5) is 12.3. The quantitative estimate of drug-likeness (QED) is 0.771. The third-order valence-corrected chi connectivity index (χ3v) is 3.19. The van der Waals surface area contributed by atoms with E-state index >= 15 is 0 Å². The molecular formula is C14H21NO2. The number of ether oxygens (including phenoxy) is 1. The highest BCUT2D eigenvalue weighted by molar-refractivity contribution is 6.00. The van der Waals surface area contributed by atoms with Gasteiger partial charge >= 0.3 is 0 Å². The minimum atomic E-state index is -0.481. The Morgan fingerprint density at radius 2 is 2.12 bits per heavy atom. The van der Waals surface area contributed by atoms with E-state index in [2.05, 4.69) is 0 Å². The molecule has 94 valence electrons. The van der Waals surface area contributed by atoms with Gasteiger partial charge in [0, 0.05) is 17.5 Å². The van der Waals surface area contributed by atoms with Gasteiger partial charge in [0.15, 0.2) is 5.78 Å². The molecule has 1 rings (SSSR count). The van der Waals surface area contributed by atoms with E-state index in [0.717, 1.165) is 12.2 Å². The van der Waals surface area contributed by atoms with Gasteiger partial charge in [-0.05, 0) is 25.5 Å². The number of carbonyl (C=O) groups excluding carboxylic acids is 1. The first-order chi connectivity index (χ1) is 8.07. The number of Topliss-reactive ketones (excluding diaryl/α,β-unsaturated/α-hetero) is 1. The van der Waals surface area contributed by atoms with E-state index in [1.54, 1.807) is 6.07 Å². The molecule has 0 fully saturated rings. The first-order valence-corrected chi connectivity index (χ1v) is 6.05. The molecule has 0 saturated carbocycles. The second-order valence-corrected chi connectivity index (χ2v) is 4.41. The Hall–Kier alpha value is -1.35. The monoisotopic (exact) mass is 235 g/mol. The van der Waals surface area contributed by atoms with Crippen LogP contribution in [0.3, 0.4) is 0 Å². The van der Waals surface area contributed by atoms with E-state index in [9.17, 15) is 4.79 Å². The minimum Gasteiger partial charge on any atom is -0.494 e. The van der Waals surface area contributed by atoms with E-state index in [4.69, 9.17) is 10.5 Å². The van der Waals surface area contributed by atoms with Gasteiger partial charge in [0.1, 0.15) is 5.75 Å². The lowest BCUT2D eigenvalue weighted by atomic mass is 9.80. The lowest BCUT2D eigenvalue weighted by molar-refractivity contribution is 0.0819. The van der Waals surface area contributed by atoms with Crippen molar-refractivity contribution in [2.45, 2.75) is 27.2 Å². The Kier molecular flexibility index (Phi) is 4.70. The van der Waals surface area contributed by atoms with Gasteiger partial charge in [0.05, 0.1) is 6.61 Å². The predicted octanol–water partition coefficient (Wildman–Crippen LogP) is 2.64. The SMILES string of the molecule is CCOc1cccc(C(=O)C(C)(CC)CN)c1. The van der Waals surface area contributed by atoms with Gasteiger partial charge in [0.2, 0.25) is 0 Å². The molecule has 0 radical (unpaired) electrons. The Bertz CT molecular complexity index is 384. The molecule has 1 atom stereocenters. The molecule has 1 unspecified atom stereocenters. The molecule has 0 amide bonds. The van der Waals surface area contributed by atoms with Crippen LogP contribution in [0.25, 0.3) is 0 Å². The standard InChI is InChI=1S/C14H21NO2/c1-4-14(3,10-15)13(16)11-7-6-8-12(9-11)17-5-2/h6-9H,4-5,10,15H2,1-3H3. The number of hydrogen-bond acceptors (Lipinski definition) is 3. The van der Waals surface area contributed by atoms with Gasteiger partial charge in [-0.2, -0.15) is 0 Å². The molecule has 3 nitrogen and oxygen atoms in total. The second-order valence-electron chi connectivity index (χ2n) is 4.41. The fourth-order valence-electron chi connectivity index (χ4n) is 1.64. The molecule has 0 aliphatic rings. The van der Waals surface area contributed by atoms with Crippen LogP contribution in [0.15, 0.2) is 24.3 Å². The molecule has 17 heavy (non-hydrogen) atoms. The Labute approximate surface area is 103 Å². The summed E-state index contributed by atoms with van der Waals surface area (Å²) in [5.74, 6) is 0.817. The minimum absolute atomic E-state index is 0.0871. The third kappa shape index (κ3) is 3.07. The first kappa shape index (κ1) is 13.7. The van der Waals surface area contributed by atoms with Crippen LogP contribution in [-0.4, -0.2) is 18.9 Å². The average Bonchev–Trinajstić information content (AvgIpc) is 2.37. The van der Waals surface area contributed by atoms with E-state index < -0.39 is 5.41 Å². The Morgan fingerprint density at radius 1 is 1.41 bits per heavy atom. The number of hydrogen-bond donors (Lipinski definition) is 1. The maximum atomic E-state index is 12.3. The van der Waals surface area contributed by atoms with Crippen molar-refractivity contribution in [1.29, 1.82) is 0 Å². The van der Waals surface area contributed by atoms with Crippen LogP contribution >= 0.6 is 0 Å². The predicted molar refractivity (Wildman–Crippen MR) is 69.4 cm³/mol. The summed E-state index contributed by atoms with van der Waals surface area (Å²) in [5.41, 5.74) is 5.89. The molecule has 0 aromatic heterocycles. The molecule has 0 spiro atoms. The highest BCUT2D eigenvalue weighted by Crippen LogP contribution is 2.26. The molecule has 0 bridgehead atoms. The van der Waals surface area contributed by atoms with Crippen LogP contribution in [0, 0.1) is 5.41 Å². The Morgan fingerprint density at radius 3 is 2.65 bits per heavy atom. The van der Waals surface area contributed by atoms with Crippen molar-refractivity contribution in [2.24, 2.45) is 11.1 Å². The van der Waals surface area contributed by atoms with Crippen LogP contribution in [0.5, 0.6) is 5.75 Å². The van der Waals surface area contributed by atoms with Crippen molar-refractivity contribution in [3.63, 3.8) is 0 Å². The summed E-state index contributed by atoms with van der Waals surface area (Å²) in [6.07, 6.45) is 0.737. The molecule has 1 aromatic carbocycles. The molecule has 0 aliphatic heterocycles. The van der Waals surface area contributed by atoms with E-state index in [1.165, 1.54) is 0 Å². The average molecular weight is 235 g/mol. The summed E-state index contributed by atoms with van der Waals surface area (Å²) in [7, 11) is 0. The van der Waals surface area contributed by atoms with Crippen molar-refractivity contribution in [2.75, 3.05) is 13.2 Å². The molecule has 2 N–H and O–H groups in total. The van der Waals surface area contributed by atoms with Gasteiger partial charge in [-0.1, -0.05) is 26.0 Å². The summed E-state index contributed by atoms with van der Waals surface area (Å²) in [5, 5.41) is 0. The number of ketones is 1. The zero-order valence-corrected chi connectivity index (χ0v) is 10.8. The van der Waals surface area contributed by atoms with Crippen LogP contribution in [0.1, 0.15) is 37.6 Å². The fraction of sp³-hybridized carbons (Fsp3) is 0.500. The lowest BCUT2D eigenvalue weighted by Gasteiger charge is -2.24. The highest BCUT2D eigenvalue weighted by Gasteiger charge is 2.30. The number of nitrogens with two attached hydrogens (primary N) is 1. The topological polar surface area (TPSA) is 52.3 Å². The van der Waals surface area contributed by atoms with Crippen LogP contribution in [0.4, 0.5) is 0 Å². The van der Waals surface area contributed by atoms with Crippen LogP contribution < -0.4 is 10.5 Å².